The normalized spacial score (nSPS) is 17.6. The lowest BCUT2D eigenvalue weighted by molar-refractivity contribution is 0.0949. The molecule has 0 N–H and O–H groups in total. The van der Waals surface area contributed by atoms with Gasteiger partial charge in [-0.25, -0.2) is 0 Å². The van der Waals surface area contributed by atoms with Crippen LogP contribution in [0.15, 0.2) is 42.6 Å². The molecule has 0 radical (unpaired) electrons. The fourth-order valence-electron chi connectivity index (χ4n) is 3.10. The van der Waals surface area contributed by atoms with Crippen LogP contribution in [0.3, 0.4) is 0 Å². The average Bonchev–Trinajstić information content (AvgIpc) is 2.53. The molecule has 0 aliphatic heterocycles. The summed E-state index contributed by atoms with van der Waals surface area (Å²) in [5, 5.41) is 0. The van der Waals surface area contributed by atoms with Gasteiger partial charge in [0.15, 0.2) is 5.78 Å². The predicted octanol–water partition coefficient (Wildman–Crippen LogP) is 4.51. The Morgan fingerprint density at radius 2 is 1.95 bits per heavy atom. The van der Waals surface area contributed by atoms with Crippen LogP contribution in [-0.2, 0) is 6.42 Å². The van der Waals surface area contributed by atoms with Crippen LogP contribution in [0.2, 0.25) is 0 Å². The molecular formula is C19H21NO. The number of carbonyl (C=O) groups is 1. The first-order valence-corrected chi connectivity index (χ1v) is 7.75. The van der Waals surface area contributed by atoms with Gasteiger partial charge in [0.05, 0.1) is 11.6 Å². The van der Waals surface area contributed by atoms with Crippen molar-refractivity contribution in [2.75, 3.05) is 0 Å². The van der Waals surface area contributed by atoms with Crippen molar-refractivity contribution in [1.82, 2.24) is 4.98 Å². The minimum atomic E-state index is -0.0696. The molecular weight excluding hydrogens is 258 g/mol. The predicted molar refractivity (Wildman–Crippen MR) is 84.8 cm³/mol. The zero-order chi connectivity index (χ0) is 14.8. The van der Waals surface area contributed by atoms with E-state index >= 15 is 0 Å². The van der Waals surface area contributed by atoms with Gasteiger partial charge in [0.25, 0.3) is 0 Å². The third-order valence-corrected chi connectivity index (χ3v) is 4.37. The Bertz CT molecular complexity index is 643. The zero-order valence-corrected chi connectivity index (χ0v) is 12.7. The highest BCUT2D eigenvalue weighted by Crippen LogP contribution is 2.32. The topological polar surface area (TPSA) is 30.0 Å². The Morgan fingerprint density at radius 1 is 1.19 bits per heavy atom. The molecule has 0 saturated heterocycles. The fourth-order valence-corrected chi connectivity index (χ4v) is 3.10. The number of fused-ring (bicyclic) bond motifs is 1. The number of ketones is 1. The van der Waals surface area contributed by atoms with Crippen LogP contribution in [0.25, 0.3) is 0 Å². The summed E-state index contributed by atoms with van der Waals surface area (Å²) in [4.78, 5) is 17.3. The van der Waals surface area contributed by atoms with Gasteiger partial charge in [-0.2, -0.15) is 0 Å². The summed E-state index contributed by atoms with van der Waals surface area (Å²) >= 11 is 0. The maximum atomic E-state index is 12.8. The molecule has 3 rings (SSSR count). The van der Waals surface area contributed by atoms with E-state index in [2.05, 4.69) is 37.0 Å². The van der Waals surface area contributed by atoms with Gasteiger partial charge < -0.3 is 0 Å². The van der Waals surface area contributed by atoms with Crippen molar-refractivity contribution in [1.29, 1.82) is 0 Å². The van der Waals surface area contributed by atoms with Crippen molar-refractivity contribution in [3.63, 3.8) is 0 Å². The van der Waals surface area contributed by atoms with Gasteiger partial charge in [-0.1, -0.05) is 44.2 Å². The number of nitrogens with zero attached hydrogens (tertiary/aromatic N) is 1. The molecule has 1 aromatic heterocycles. The number of hydrogen-bond acceptors (Lipinski definition) is 2. The minimum absolute atomic E-state index is 0.0696. The Balaban J connectivity index is 1.89. The smallest absolute Gasteiger partial charge is 0.171 e. The lowest BCUT2D eigenvalue weighted by Gasteiger charge is -2.23. The SMILES string of the molecule is CC(C)c1ccc(C(=O)C2CCCc3cccnc32)cc1. The van der Waals surface area contributed by atoms with Gasteiger partial charge in [0.1, 0.15) is 0 Å². The van der Waals surface area contributed by atoms with E-state index in [-0.39, 0.29) is 11.7 Å². The molecule has 1 aliphatic carbocycles. The minimum Gasteiger partial charge on any atom is -0.293 e. The fraction of sp³-hybridized carbons (Fsp3) is 0.368. The molecule has 1 heterocycles. The first kappa shape index (κ1) is 14.0. The summed E-state index contributed by atoms with van der Waals surface area (Å²) in [7, 11) is 0. The first-order chi connectivity index (χ1) is 10.2. The molecule has 0 fully saturated rings. The lowest BCUT2D eigenvalue weighted by Crippen LogP contribution is -2.20. The number of pyridine rings is 1. The Kier molecular flexibility index (Phi) is 3.87. The summed E-state index contributed by atoms with van der Waals surface area (Å²) in [6, 6.07) is 12.1. The quantitative estimate of drug-likeness (QED) is 0.774. The van der Waals surface area contributed by atoms with Crippen molar-refractivity contribution in [3.8, 4) is 0 Å². The van der Waals surface area contributed by atoms with E-state index in [9.17, 15) is 4.79 Å². The molecule has 1 aromatic carbocycles. The standard InChI is InChI=1S/C19H21NO/c1-13(2)14-8-10-16(11-9-14)19(21)17-7-3-5-15-6-4-12-20-18(15)17/h4,6,8-13,17H,3,5,7H2,1-2H3. The van der Waals surface area contributed by atoms with E-state index in [0.717, 1.165) is 30.5 Å². The largest absolute Gasteiger partial charge is 0.293 e. The summed E-state index contributed by atoms with van der Waals surface area (Å²) in [5.74, 6) is 0.635. The highest BCUT2D eigenvalue weighted by Gasteiger charge is 2.28. The van der Waals surface area contributed by atoms with E-state index < -0.39 is 0 Å². The molecule has 1 aliphatic rings. The van der Waals surface area contributed by atoms with Crippen LogP contribution in [0.1, 0.15) is 65.7 Å². The summed E-state index contributed by atoms with van der Waals surface area (Å²) in [5.41, 5.74) is 4.30. The van der Waals surface area contributed by atoms with Crippen LogP contribution in [0.4, 0.5) is 0 Å². The van der Waals surface area contributed by atoms with Crippen molar-refractivity contribution in [2.45, 2.75) is 44.9 Å². The number of aromatic nitrogens is 1. The van der Waals surface area contributed by atoms with Gasteiger partial charge in [-0.05, 0) is 42.4 Å². The van der Waals surface area contributed by atoms with Crippen LogP contribution >= 0.6 is 0 Å². The highest BCUT2D eigenvalue weighted by molar-refractivity contribution is 6.01. The monoisotopic (exact) mass is 279 g/mol. The van der Waals surface area contributed by atoms with Crippen molar-refractivity contribution in [2.24, 2.45) is 0 Å². The second-order valence-electron chi connectivity index (χ2n) is 6.13. The van der Waals surface area contributed by atoms with E-state index in [4.69, 9.17) is 0 Å². The second-order valence-corrected chi connectivity index (χ2v) is 6.13. The van der Waals surface area contributed by atoms with Crippen molar-refractivity contribution < 1.29 is 4.79 Å². The number of aryl methyl sites for hydroxylation is 1. The maximum absolute atomic E-state index is 12.8. The Labute approximate surface area is 126 Å². The molecule has 0 spiro atoms. The van der Waals surface area contributed by atoms with Crippen LogP contribution < -0.4 is 0 Å². The van der Waals surface area contributed by atoms with Gasteiger partial charge >= 0.3 is 0 Å². The van der Waals surface area contributed by atoms with Crippen LogP contribution in [0, 0.1) is 0 Å². The third-order valence-electron chi connectivity index (χ3n) is 4.37. The van der Waals surface area contributed by atoms with Crippen LogP contribution in [0.5, 0.6) is 0 Å². The summed E-state index contributed by atoms with van der Waals surface area (Å²) in [6.45, 7) is 4.33. The molecule has 0 bridgehead atoms. The number of hydrogen-bond donors (Lipinski definition) is 0. The van der Waals surface area contributed by atoms with E-state index in [1.165, 1.54) is 11.1 Å². The molecule has 108 valence electrons. The van der Waals surface area contributed by atoms with Gasteiger partial charge in [-0.3, -0.25) is 9.78 Å². The van der Waals surface area contributed by atoms with Crippen LogP contribution in [-0.4, -0.2) is 10.8 Å². The first-order valence-electron chi connectivity index (χ1n) is 7.75. The molecule has 2 aromatic rings. The molecule has 1 unspecified atom stereocenters. The average molecular weight is 279 g/mol. The van der Waals surface area contributed by atoms with Crippen molar-refractivity contribution >= 4 is 5.78 Å². The van der Waals surface area contributed by atoms with Gasteiger partial charge in [0, 0.05) is 11.8 Å². The third kappa shape index (κ3) is 2.76. The van der Waals surface area contributed by atoms with Gasteiger partial charge in [-0.15, -0.1) is 0 Å². The number of benzene rings is 1. The lowest BCUT2D eigenvalue weighted by atomic mass is 9.82. The molecule has 0 saturated carbocycles. The maximum Gasteiger partial charge on any atom is 0.171 e. The molecule has 2 heteroatoms. The van der Waals surface area contributed by atoms with E-state index in [1.54, 1.807) is 6.20 Å². The molecule has 1 atom stereocenters. The highest BCUT2D eigenvalue weighted by atomic mass is 16.1. The zero-order valence-electron chi connectivity index (χ0n) is 12.7. The molecule has 21 heavy (non-hydrogen) atoms. The summed E-state index contributed by atoms with van der Waals surface area (Å²) < 4.78 is 0. The van der Waals surface area contributed by atoms with Crippen molar-refractivity contribution in [3.05, 3.63) is 65.0 Å². The Morgan fingerprint density at radius 3 is 2.67 bits per heavy atom. The number of carbonyl (C=O) groups excluding carboxylic acids is 1. The number of Topliss-reactive ketones (excluding diaryl/α,β-unsaturated/α-hetero) is 1. The Hall–Kier alpha value is -1.96. The number of rotatable bonds is 3. The summed E-state index contributed by atoms with van der Waals surface area (Å²) in [6.07, 6.45) is 4.82. The second kappa shape index (κ2) is 5.80. The van der Waals surface area contributed by atoms with Gasteiger partial charge in [0.2, 0.25) is 0 Å². The molecule has 2 nitrogen and oxygen atoms in total. The van der Waals surface area contributed by atoms with E-state index in [0.29, 0.717) is 5.92 Å². The van der Waals surface area contributed by atoms with E-state index in [1.807, 2.05) is 18.2 Å². The molecule has 0 amide bonds.